The Hall–Kier alpha value is -0.650. The van der Waals surface area contributed by atoms with E-state index < -0.39 is 5.76 Å². The van der Waals surface area contributed by atoms with E-state index >= 15 is 0 Å². The summed E-state index contributed by atoms with van der Waals surface area (Å²) in [6.07, 6.45) is 2.06. The van der Waals surface area contributed by atoms with Crippen LogP contribution in [0.15, 0.2) is 9.64 Å². The average molecular weight is 192 g/mol. The van der Waals surface area contributed by atoms with Crippen LogP contribution in [-0.4, -0.2) is 16.0 Å². The first-order chi connectivity index (χ1) is 5.75. The molecule has 0 spiro atoms. The van der Waals surface area contributed by atoms with Crippen molar-refractivity contribution in [2.45, 2.75) is 29.7 Å². The summed E-state index contributed by atoms with van der Waals surface area (Å²) in [6.45, 7) is 0. The molecule has 66 valence electrons. The minimum atomic E-state index is -2.49. The summed E-state index contributed by atoms with van der Waals surface area (Å²) in [6, 6.07) is 0. The number of aromatic nitrogens is 2. The SMILES string of the molecule is FC(F)Sc1nnc(C2CC2)o1. The Morgan fingerprint density at radius 1 is 1.42 bits per heavy atom. The standard InChI is InChI=1S/C6H6F2N2OS/c7-5(8)12-6-10-9-4(11-6)3-1-2-3/h3,5H,1-2H2. The first-order valence-corrected chi connectivity index (χ1v) is 4.42. The van der Waals surface area contributed by atoms with Gasteiger partial charge in [0.1, 0.15) is 0 Å². The largest absolute Gasteiger partial charge is 0.416 e. The van der Waals surface area contributed by atoms with Gasteiger partial charge in [-0.25, -0.2) is 0 Å². The molecule has 0 N–H and O–H groups in total. The molecule has 2 rings (SSSR count). The summed E-state index contributed by atoms with van der Waals surface area (Å²) < 4.78 is 28.5. The Bertz CT molecular complexity index is 274. The van der Waals surface area contributed by atoms with Crippen LogP contribution in [0.4, 0.5) is 8.78 Å². The third-order valence-corrected chi connectivity index (χ3v) is 2.08. The summed E-state index contributed by atoms with van der Waals surface area (Å²) in [5.41, 5.74) is 0. The van der Waals surface area contributed by atoms with Gasteiger partial charge in [-0.2, -0.15) is 8.78 Å². The van der Waals surface area contributed by atoms with E-state index in [1.165, 1.54) is 0 Å². The van der Waals surface area contributed by atoms with E-state index in [0.717, 1.165) is 12.8 Å². The van der Waals surface area contributed by atoms with Crippen molar-refractivity contribution < 1.29 is 13.2 Å². The van der Waals surface area contributed by atoms with E-state index in [9.17, 15) is 8.78 Å². The van der Waals surface area contributed by atoms with Gasteiger partial charge in [-0.3, -0.25) is 0 Å². The third-order valence-electron chi connectivity index (χ3n) is 1.54. The number of hydrogen-bond acceptors (Lipinski definition) is 4. The first-order valence-electron chi connectivity index (χ1n) is 3.54. The lowest BCUT2D eigenvalue weighted by molar-refractivity contribution is 0.249. The molecule has 1 heterocycles. The van der Waals surface area contributed by atoms with Gasteiger partial charge in [-0.15, -0.1) is 10.2 Å². The highest BCUT2D eigenvalue weighted by molar-refractivity contribution is 7.99. The van der Waals surface area contributed by atoms with Crippen LogP contribution in [0.25, 0.3) is 0 Å². The summed E-state index contributed by atoms with van der Waals surface area (Å²) in [7, 11) is 0. The summed E-state index contributed by atoms with van der Waals surface area (Å²) in [5.74, 6) is -1.67. The Morgan fingerprint density at radius 2 is 2.17 bits per heavy atom. The predicted molar refractivity (Wildman–Crippen MR) is 38.1 cm³/mol. The second-order valence-corrected chi connectivity index (χ2v) is 3.50. The maximum atomic E-state index is 11.8. The lowest BCUT2D eigenvalue weighted by Gasteiger charge is -1.89. The van der Waals surface area contributed by atoms with Crippen LogP contribution in [-0.2, 0) is 0 Å². The van der Waals surface area contributed by atoms with Crippen LogP contribution < -0.4 is 0 Å². The summed E-state index contributed by atoms with van der Waals surface area (Å²) >= 11 is 0.291. The molecule has 0 saturated heterocycles. The number of nitrogens with zero attached hydrogens (tertiary/aromatic N) is 2. The van der Waals surface area contributed by atoms with Crippen molar-refractivity contribution in [3.8, 4) is 0 Å². The number of hydrogen-bond donors (Lipinski definition) is 0. The van der Waals surface area contributed by atoms with Crippen molar-refractivity contribution in [1.29, 1.82) is 0 Å². The summed E-state index contributed by atoms with van der Waals surface area (Å²) in [5, 5.41) is 7.11. The third kappa shape index (κ3) is 1.74. The van der Waals surface area contributed by atoms with Gasteiger partial charge < -0.3 is 4.42 Å². The lowest BCUT2D eigenvalue weighted by atomic mass is 10.4. The van der Waals surface area contributed by atoms with Crippen molar-refractivity contribution in [2.24, 2.45) is 0 Å². The van der Waals surface area contributed by atoms with E-state index in [0.29, 0.717) is 23.6 Å². The molecule has 0 amide bonds. The predicted octanol–water partition coefficient (Wildman–Crippen LogP) is 2.26. The maximum absolute atomic E-state index is 11.8. The van der Waals surface area contributed by atoms with Crippen LogP contribution in [0.3, 0.4) is 0 Å². The topological polar surface area (TPSA) is 38.9 Å². The normalized spacial score (nSPS) is 17.2. The Labute approximate surface area is 71.5 Å². The number of halogens is 2. The minimum absolute atomic E-state index is 0.0353. The molecule has 0 unspecified atom stereocenters. The van der Waals surface area contributed by atoms with Gasteiger partial charge in [0.2, 0.25) is 5.89 Å². The van der Waals surface area contributed by atoms with Gasteiger partial charge >= 0.3 is 0 Å². The molecular weight excluding hydrogens is 186 g/mol. The highest BCUT2D eigenvalue weighted by Crippen LogP contribution is 2.40. The van der Waals surface area contributed by atoms with Crippen LogP contribution in [0.5, 0.6) is 0 Å². The fourth-order valence-electron chi connectivity index (χ4n) is 0.839. The molecule has 1 fully saturated rings. The lowest BCUT2D eigenvalue weighted by Crippen LogP contribution is -1.80. The molecule has 1 aromatic heterocycles. The molecule has 0 bridgehead atoms. The monoisotopic (exact) mass is 192 g/mol. The van der Waals surface area contributed by atoms with Crippen LogP contribution in [0.1, 0.15) is 24.7 Å². The Morgan fingerprint density at radius 3 is 2.75 bits per heavy atom. The van der Waals surface area contributed by atoms with Crippen molar-refractivity contribution in [2.75, 3.05) is 0 Å². The molecule has 0 atom stereocenters. The second kappa shape index (κ2) is 3.01. The van der Waals surface area contributed by atoms with Crippen LogP contribution >= 0.6 is 11.8 Å². The van der Waals surface area contributed by atoms with Crippen molar-refractivity contribution in [3.63, 3.8) is 0 Å². The summed E-state index contributed by atoms with van der Waals surface area (Å²) in [4.78, 5) is 0. The number of alkyl halides is 2. The van der Waals surface area contributed by atoms with Crippen LogP contribution in [0, 0.1) is 0 Å². The van der Waals surface area contributed by atoms with E-state index in [-0.39, 0.29) is 5.22 Å². The average Bonchev–Trinajstić information content (AvgIpc) is 2.73. The smallest absolute Gasteiger partial charge is 0.293 e. The zero-order valence-electron chi connectivity index (χ0n) is 6.04. The van der Waals surface area contributed by atoms with E-state index in [1.807, 2.05) is 0 Å². The molecule has 1 aliphatic carbocycles. The van der Waals surface area contributed by atoms with Crippen LogP contribution in [0.2, 0.25) is 0 Å². The van der Waals surface area contributed by atoms with E-state index in [4.69, 9.17) is 4.42 Å². The zero-order chi connectivity index (χ0) is 8.55. The minimum Gasteiger partial charge on any atom is -0.416 e. The fraction of sp³-hybridized carbons (Fsp3) is 0.667. The zero-order valence-corrected chi connectivity index (χ0v) is 6.85. The maximum Gasteiger partial charge on any atom is 0.293 e. The number of rotatable bonds is 3. The van der Waals surface area contributed by atoms with Gasteiger partial charge in [-0.05, 0) is 12.8 Å². The molecule has 3 nitrogen and oxygen atoms in total. The molecule has 1 saturated carbocycles. The highest BCUT2D eigenvalue weighted by Gasteiger charge is 2.29. The van der Waals surface area contributed by atoms with E-state index in [2.05, 4.69) is 10.2 Å². The number of thioether (sulfide) groups is 1. The Balaban J connectivity index is 2.03. The molecule has 1 aromatic rings. The highest BCUT2D eigenvalue weighted by atomic mass is 32.2. The van der Waals surface area contributed by atoms with Crippen molar-refractivity contribution >= 4 is 11.8 Å². The van der Waals surface area contributed by atoms with Gasteiger partial charge in [0, 0.05) is 17.7 Å². The quantitative estimate of drug-likeness (QED) is 0.688. The van der Waals surface area contributed by atoms with Gasteiger partial charge in [-0.1, -0.05) is 0 Å². The molecule has 1 aliphatic rings. The van der Waals surface area contributed by atoms with Gasteiger partial charge in [0.15, 0.2) is 0 Å². The van der Waals surface area contributed by atoms with Crippen molar-refractivity contribution in [3.05, 3.63) is 5.89 Å². The van der Waals surface area contributed by atoms with E-state index in [1.54, 1.807) is 0 Å². The molecule has 0 radical (unpaired) electrons. The molecule has 0 aromatic carbocycles. The van der Waals surface area contributed by atoms with Gasteiger partial charge in [0.25, 0.3) is 11.0 Å². The Kier molecular flexibility index (Phi) is 2.00. The van der Waals surface area contributed by atoms with Gasteiger partial charge in [0.05, 0.1) is 0 Å². The molecule has 12 heavy (non-hydrogen) atoms. The fourth-order valence-corrected chi connectivity index (χ4v) is 1.21. The van der Waals surface area contributed by atoms with Crippen molar-refractivity contribution in [1.82, 2.24) is 10.2 Å². The second-order valence-electron chi connectivity index (χ2n) is 2.56. The first kappa shape index (κ1) is 7.97. The molecule has 0 aliphatic heterocycles. The molecular formula is C6H6F2N2OS. The molecule has 6 heteroatoms.